The predicted octanol–water partition coefficient (Wildman–Crippen LogP) is 0.867. The Morgan fingerprint density at radius 3 is 3.22 bits per heavy atom. The molecule has 0 amide bonds. The Morgan fingerprint density at radius 2 is 2.39 bits per heavy atom. The SMILES string of the molecule is O=C(O)[C@H]1[C@@H]2C[C@@H]2CN1c1ncnc2[nH]ccc12. The first-order valence-electron chi connectivity index (χ1n) is 6.03. The zero-order chi connectivity index (χ0) is 12.3. The maximum Gasteiger partial charge on any atom is 0.326 e. The van der Waals surface area contributed by atoms with E-state index in [0.29, 0.717) is 11.8 Å². The molecule has 1 aliphatic carbocycles. The zero-order valence-corrected chi connectivity index (χ0v) is 9.58. The topological polar surface area (TPSA) is 82.1 Å². The summed E-state index contributed by atoms with van der Waals surface area (Å²) in [6.07, 6.45) is 4.32. The number of carbonyl (C=O) groups is 1. The maximum atomic E-state index is 11.4. The van der Waals surface area contributed by atoms with E-state index in [-0.39, 0.29) is 0 Å². The van der Waals surface area contributed by atoms with E-state index in [4.69, 9.17) is 0 Å². The van der Waals surface area contributed by atoms with Crippen molar-refractivity contribution in [3.05, 3.63) is 18.6 Å². The summed E-state index contributed by atoms with van der Waals surface area (Å²) in [5.41, 5.74) is 0.754. The van der Waals surface area contributed by atoms with Gasteiger partial charge in [0.1, 0.15) is 23.8 Å². The van der Waals surface area contributed by atoms with Gasteiger partial charge in [-0.15, -0.1) is 0 Å². The maximum absolute atomic E-state index is 11.4. The molecule has 0 radical (unpaired) electrons. The van der Waals surface area contributed by atoms with Crippen molar-refractivity contribution in [3.63, 3.8) is 0 Å². The predicted molar refractivity (Wildman–Crippen MR) is 64.3 cm³/mol. The molecule has 1 aliphatic heterocycles. The number of H-pyrrole nitrogens is 1. The number of aromatic amines is 1. The molecule has 92 valence electrons. The van der Waals surface area contributed by atoms with Crippen molar-refractivity contribution in [2.24, 2.45) is 11.8 Å². The molecule has 1 saturated heterocycles. The van der Waals surface area contributed by atoms with Crippen LogP contribution in [0.25, 0.3) is 11.0 Å². The molecule has 2 aromatic rings. The van der Waals surface area contributed by atoms with Gasteiger partial charge in [0.15, 0.2) is 0 Å². The zero-order valence-electron chi connectivity index (χ0n) is 9.58. The van der Waals surface area contributed by atoms with Crippen LogP contribution in [0.3, 0.4) is 0 Å². The second kappa shape index (κ2) is 3.22. The Labute approximate surface area is 103 Å². The third kappa shape index (κ3) is 1.20. The van der Waals surface area contributed by atoms with E-state index in [1.165, 1.54) is 6.33 Å². The van der Waals surface area contributed by atoms with Gasteiger partial charge in [0.2, 0.25) is 0 Å². The highest BCUT2D eigenvalue weighted by molar-refractivity contribution is 5.90. The van der Waals surface area contributed by atoms with Gasteiger partial charge < -0.3 is 15.0 Å². The summed E-state index contributed by atoms with van der Waals surface area (Å²) in [5, 5.41) is 10.3. The third-order valence-corrected chi connectivity index (χ3v) is 4.01. The van der Waals surface area contributed by atoms with Crippen LogP contribution in [0.1, 0.15) is 6.42 Å². The number of hydrogen-bond acceptors (Lipinski definition) is 4. The Balaban J connectivity index is 1.83. The number of carboxylic acids is 1. The minimum Gasteiger partial charge on any atom is -0.480 e. The Morgan fingerprint density at radius 1 is 1.50 bits per heavy atom. The lowest BCUT2D eigenvalue weighted by Crippen LogP contribution is -2.40. The fraction of sp³-hybridized carbons (Fsp3) is 0.417. The highest BCUT2D eigenvalue weighted by Gasteiger charge is 2.56. The lowest BCUT2D eigenvalue weighted by molar-refractivity contribution is -0.138. The monoisotopic (exact) mass is 244 g/mol. The summed E-state index contributed by atoms with van der Waals surface area (Å²) in [4.78, 5) is 24.8. The van der Waals surface area contributed by atoms with Crippen molar-refractivity contribution in [2.75, 3.05) is 11.4 Å². The first kappa shape index (κ1) is 9.87. The quantitative estimate of drug-likeness (QED) is 0.819. The first-order chi connectivity index (χ1) is 8.75. The largest absolute Gasteiger partial charge is 0.480 e. The number of fused-ring (bicyclic) bond motifs is 2. The highest BCUT2D eigenvalue weighted by atomic mass is 16.4. The molecule has 3 atom stereocenters. The van der Waals surface area contributed by atoms with Crippen molar-refractivity contribution in [3.8, 4) is 0 Å². The lowest BCUT2D eigenvalue weighted by atomic mass is 10.2. The van der Waals surface area contributed by atoms with E-state index in [0.717, 1.165) is 29.8 Å². The minimum atomic E-state index is -0.748. The van der Waals surface area contributed by atoms with Gasteiger partial charge in [0, 0.05) is 12.7 Å². The van der Waals surface area contributed by atoms with Crippen molar-refractivity contribution in [1.82, 2.24) is 15.0 Å². The molecule has 2 N–H and O–H groups in total. The molecule has 0 unspecified atom stereocenters. The van der Waals surface area contributed by atoms with E-state index < -0.39 is 12.0 Å². The van der Waals surface area contributed by atoms with Crippen LogP contribution < -0.4 is 4.90 Å². The highest BCUT2D eigenvalue weighted by Crippen LogP contribution is 2.51. The van der Waals surface area contributed by atoms with Crippen LogP contribution >= 0.6 is 0 Å². The van der Waals surface area contributed by atoms with Gasteiger partial charge in [-0.3, -0.25) is 0 Å². The summed E-state index contributed by atoms with van der Waals surface area (Å²) >= 11 is 0. The Hall–Kier alpha value is -2.11. The molecule has 2 aliphatic rings. The summed E-state index contributed by atoms with van der Waals surface area (Å²) in [5.74, 6) is 0.810. The van der Waals surface area contributed by atoms with Gasteiger partial charge in [-0.1, -0.05) is 0 Å². The van der Waals surface area contributed by atoms with Gasteiger partial charge in [0.25, 0.3) is 0 Å². The molecule has 1 saturated carbocycles. The summed E-state index contributed by atoms with van der Waals surface area (Å²) in [7, 11) is 0. The second-order valence-corrected chi connectivity index (χ2v) is 5.03. The van der Waals surface area contributed by atoms with Gasteiger partial charge >= 0.3 is 5.97 Å². The smallest absolute Gasteiger partial charge is 0.326 e. The van der Waals surface area contributed by atoms with Crippen LogP contribution in [0.4, 0.5) is 5.82 Å². The van der Waals surface area contributed by atoms with Crippen LogP contribution in [-0.4, -0.2) is 38.6 Å². The number of aliphatic carboxylic acids is 1. The minimum absolute atomic E-state index is 0.298. The summed E-state index contributed by atoms with van der Waals surface area (Å²) < 4.78 is 0. The van der Waals surface area contributed by atoms with Gasteiger partial charge in [0.05, 0.1) is 5.39 Å². The number of nitrogens with one attached hydrogen (secondary N) is 1. The van der Waals surface area contributed by atoms with Crippen molar-refractivity contribution >= 4 is 22.8 Å². The summed E-state index contributed by atoms with van der Waals surface area (Å²) in [6, 6.07) is 1.47. The molecule has 0 spiro atoms. The van der Waals surface area contributed by atoms with E-state index in [9.17, 15) is 9.90 Å². The Kier molecular flexibility index (Phi) is 1.76. The fourth-order valence-electron chi connectivity index (χ4n) is 3.09. The van der Waals surface area contributed by atoms with E-state index in [2.05, 4.69) is 15.0 Å². The Bertz CT molecular complexity index is 638. The molecule has 2 aromatic heterocycles. The molecule has 0 aromatic carbocycles. The van der Waals surface area contributed by atoms with E-state index >= 15 is 0 Å². The molecule has 3 heterocycles. The second-order valence-electron chi connectivity index (χ2n) is 5.03. The van der Waals surface area contributed by atoms with Gasteiger partial charge in [-0.05, 0) is 24.3 Å². The van der Waals surface area contributed by atoms with Crippen molar-refractivity contribution in [2.45, 2.75) is 12.5 Å². The average Bonchev–Trinajstić information content (AvgIpc) is 2.82. The van der Waals surface area contributed by atoms with Crippen LogP contribution in [0.15, 0.2) is 18.6 Å². The molecule has 2 fully saturated rings. The normalized spacial score (nSPS) is 29.6. The number of carboxylic acid groups (broad SMARTS) is 1. The molecule has 4 rings (SSSR count). The number of aromatic nitrogens is 3. The average molecular weight is 244 g/mol. The third-order valence-electron chi connectivity index (χ3n) is 4.01. The molecule has 6 heteroatoms. The standard InChI is InChI=1S/C12H12N4O2/c17-12(18)9-8-3-6(8)4-16(9)11-7-1-2-13-10(7)14-5-15-11/h1-2,5-6,8-9H,3-4H2,(H,17,18)(H,13,14,15)/t6-,8-,9-/m1/s1. The lowest BCUT2D eigenvalue weighted by Gasteiger charge is -2.25. The number of rotatable bonds is 2. The van der Waals surface area contributed by atoms with E-state index in [1.54, 1.807) is 6.20 Å². The number of hydrogen-bond donors (Lipinski definition) is 2. The van der Waals surface area contributed by atoms with E-state index in [1.807, 2.05) is 11.0 Å². The molecule has 18 heavy (non-hydrogen) atoms. The number of anilines is 1. The summed E-state index contributed by atoms with van der Waals surface area (Å²) in [6.45, 7) is 0.791. The molecular weight excluding hydrogens is 232 g/mol. The van der Waals surface area contributed by atoms with Crippen LogP contribution in [0.2, 0.25) is 0 Å². The van der Waals surface area contributed by atoms with Gasteiger partial charge in [-0.2, -0.15) is 0 Å². The molecule has 0 bridgehead atoms. The van der Waals surface area contributed by atoms with Crippen LogP contribution in [0.5, 0.6) is 0 Å². The molecular formula is C12H12N4O2. The fourth-order valence-corrected chi connectivity index (χ4v) is 3.09. The first-order valence-corrected chi connectivity index (χ1v) is 6.03. The van der Waals surface area contributed by atoms with Crippen molar-refractivity contribution < 1.29 is 9.90 Å². The van der Waals surface area contributed by atoms with Crippen molar-refractivity contribution in [1.29, 1.82) is 0 Å². The van der Waals surface area contributed by atoms with Gasteiger partial charge in [-0.25, -0.2) is 14.8 Å². The number of piperidine rings is 1. The van der Waals surface area contributed by atoms with Crippen LogP contribution in [0, 0.1) is 11.8 Å². The van der Waals surface area contributed by atoms with Crippen LogP contribution in [-0.2, 0) is 4.79 Å². The molecule has 6 nitrogen and oxygen atoms in total. The number of nitrogens with zero attached hydrogens (tertiary/aromatic N) is 3.